The number of carbonyl (C=O) groups is 3. The van der Waals surface area contributed by atoms with Gasteiger partial charge < -0.3 is 10.1 Å². The zero-order chi connectivity index (χ0) is 26.9. The molecular weight excluding hydrogens is 532 g/mol. The number of benzene rings is 3. The van der Waals surface area contributed by atoms with Gasteiger partial charge in [0.05, 0.1) is 21.8 Å². The second-order valence-corrected chi connectivity index (χ2v) is 8.67. The first kappa shape index (κ1) is 26.2. The minimum atomic E-state index is -4.72. The molecule has 2 amide bonds. The third kappa shape index (κ3) is 5.47. The molecule has 0 saturated heterocycles. The van der Waals surface area contributed by atoms with E-state index in [4.69, 9.17) is 27.9 Å². The van der Waals surface area contributed by atoms with Crippen molar-refractivity contribution in [3.05, 3.63) is 99.2 Å². The summed E-state index contributed by atoms with van der Waals surface area (Å²) in [5, 5.41) is 1.91. The summed E-state index contributed by atoms with van der Waals surface area (Å²) in [5.74, 6) is -2.25. The maximum absolute atomic E-state index is 13.2. The van der Waals surface area contributed by atoms with Gasteiger partial charge in [0.2, 0.25) is 0 Å². The van der Waals surface area contributed by atoms with Crippen LogP contribution in [0.15, 0.2) is 77.5 Å². The minimum absolute atomic E-state index is 0.219. The van der Waals surface area contributed by atoms with Crippen LogP contribution in [0.1, 0.15) is 28.4 Å². The highest BCUT2D eigenvalue weighted by atomic mass is 35.5. The Morgan fingerprint density at radius 1 is 0.946 bits per heavy atom. The summed E-state index contributed by atoms with van der Waals surface area (Å²) in [7, 11) is 0. The van der Waals surface area contributed by atoms with E-state index in [0.717, 1.165) is 24.1 Å². The van der Waals surface area contributed by atoms with Crippen molar-refractivity contribution in [2.75, 3.05) is 10.2 Å². The Balaban J connectivity index is 1.50. The maximum Gasteiger partial charge on any atom is 0.416 e. The van der Waals surface area contributed by atoms with Gasteiger partial charge >= 0.3 is 12.1 Å². The number of esters is 1. The van der Waals surface area contributed by atoms with Crippen LogP contribution >= 0.6 is 23.2 Å². The summed E-state index contributed by atoms with van der Waals surface area (Å²) in [6.45, 7) is 2.01. The van der Waals surface area contributed by atoms with Crippen LogP contribution in [0.4, 0.5) is 24.5 Å². The summed E-state index contributed by atoms with van der Waals surface area (Å²) in [5.41, 5.74) is -0.296. The number of aryl methyl sites for hydroxylation is 1. The quantitative estimate of drug-likeness (QED) is 0.214. The van der Waals surface area contributed by atoms with E-state index >= 15 is 0 Å². The molecule has 0 aromatic heterocycles. The summed E-state index contributed by atoms with van der Waals surface area (Å²) in [6, 6.07) is 15.1. The second-order valence-electron chi connectivity index (χ2n) is 7.89. The lowest BCUT2D eigenvalue weighted by Crippen LogP contribution is -2.32. The fraction of sp³-hybridized carbons (Fsp3) is 0.115. The lowest BCUT2D eigenvalue weighted by atomic mass is 10.1. The lowest BCUT2D eigenvalue weighted by Gasteiger charge is -2.18. The van der Waals surface area contributed by atoms with Gasteiger partial charge in [-0.2, -0.15) is 13.2 Å². The predicted octanol–water partition coefficient (Wildman–Crippen LogP) is 6.58. The normalized spacial score (nSPS) is 13.8. The highest BCUT2D eigenvalue weighted by Gasteiger charge is 2.41. The molecule has 3 aromatic carbocycles. The van der Waals surface area contributed by atoms with E-state index in [1.807, 2.05) is 19.1 Å². The van der Waals surface area contributed by atoms with Crippen molar-refractivity contribution in [3.8, 4) is 5.75 Å². The summed E-state index contributed by atoms with van der Waals surface area (Å²) in [6.07, 6.45) is -3.87. The SMILES string of the molecule is CCc1ccc(OC(=O)c2ccc(NC3=C(Cl)C(=O)N(c4cc(C(F)(F)F)ccc4Cl)C3=O)cc2)cc1. The molecule has 0 saturated carbocycles. The van der Waals surface area contributed by atoms with Crippen molar-refractivity contribution in [2.24, 2.45) is 0 Å². The molecule has 0 atom stereocenters. The molecule has 11 heteroatoms. The van der Waals surface area contributed by atoms with Crippen LogP contribution in [0.3, 0.4) is 0 Å². The van der Waals surface area contributed by atoms with Gasteiger partial charge in [-0.15, -0.1) is 0 Å². The molecule has 190 valence electrons. The van der Waals surface area contributed by atoms with Gasteiger partial charge in [-0.25, -0.2) is 9.69 Å². The van der Waals surface area contributed by atoms with Crippen LogP contribution in [0.5, 0.6) is 5.75 Å². The largest absolute Gasteiger partial charge is 0.423 e. The molecule has 1 aliphatic heterocycles. The third-order valence-electron chi connectivity index (χ3n) is 5.47. The van der Waals surface area contributed by atoms with Crippen LogP contribution in [-0.2, 0) is 22.2 Å². The number of rotatable bonds is 6. The molecule has 0 aliphatic carbocycles. The van der Waals surface area contributed by atoms with Gasteiger partial charge in [-0.1, -0.05) is 42.3 Å². The fourth-order valence-corrected chi connectivity index (χ4v) is 3.90. The number of carbonyl (C=O) groups excluding carboxylic acids is 3. The van der Waals surface area contributed by atoms with Crippen LogP contribution < -0.4 is 15.0 Å². The number of hydrogen-bond acceptors (Lipinski definition) is 5. The zero-order valence-corrected chi connectivity index (χ0v) is 20.5. The molecule has 0 radical (unpaired) electrons. The van der Waals surface area contributed by atoms with E-state index in [1.165, 1.54) is 24.3 Å². The van der Waals surface area contributed by atoms with Gasteiger partial charge in [0.25, 0.3) is 11.8 Å². The molecule has 6 nitrogen and oxygen atoms in total. The van der Waals surface area contributed by atoms with E-state index in [2.05, 4.69) is 5.32 Å². The number of imide groups is 1. The van der Waals surface area contributed by atoms with Crippen molar-refractivity contribution >= 4 is 52.4 Å². The first-order valence-corrected chi connectivity index (χ1v) is 11.6. The molecule has 0 unspecified atom stereocenters. The average molecular weight is 549 g/mol. The van der Waals surface area contributed by atoms with E-state index in [0.29, 0.717) is 16.7 Å². The number of nitrogens with one attached hydrogen (secondary N) is 1. The second kappa shape index (κ2) is 10.3. The molecular formula is C26H17Cl2F3N2O4. The zero-order valence-electron chi connectivity index (χ0n) is 19.0. The summed E-state index contributed by atoms with van der Waals surface area (Å²) < 4.78 is 44.8. The van der Waals surface area contributed by atoms with Crippen molar-refractivity contribution in [1.82, 2.24) is 0 Å². The number of amides is 2. The Hall–Kier alpha value is -3.82. The number of alkyl halides is 3. The number of nitrogens with zero attached hydrogens (tertiary/aromatic N) is 1. The van der Waals surface area contributed by atoms with Gasteiger partial charge in [0.15, 0.2) is 0 Å². The summed E-state index contributed by atoms with van der Waals surface area (Å²) in [4.78, 5) is 38.5. The van der Waals surface area contributed by atoms with Gasteiger partial charge in [0.1, 0.15) is 16.5 Å². The van der Waals surface area contributed by atoms with Crippen molar-refractivity contribution in [2.45, 2.75) is 19.5 Å². The first-order valence-electron chi connectivity index (χ1n) is 10.8. The van der Waals surface area contributed by atoms with Crippen LogP contribution in [0.2, 0.25) is 5.02 Å². The first-order chi connectivity index (χ1) is 17.5. The Morgan fingerprint density at radius 2 is 1.59 bits per heavy atom. The molecule has 0 bridgehead atoms. The van der Waals surface area contributed by atoms with E-state index in [9.17, 15) is 27.6 Å². The topological polar surface area (TPSA) is 75.7 Å². The van der Waals surface area contributed by atoms with Crippen molar-refractivity contribution in [3.63, 3.8) is 0 Å². The number of ether oxygens (including phenoxy) is 1. The monoisotopic (exact) mass is 548 g/mol. The van der Waals surface area contributed by atoms with E-state index in [1.54, 1.807) is 12.1 Å². The maximum atomic E-state index is 13.2. The minimum Gasteiger partial charge on any atom is -0.423 e. The Morgan fingerprint density at radius 3 is 2.19 bits per heavy atom. The third-order valence-corrected chi connectivity index (χ3v) is 6.14. The predicted molar refractivity (Wildman–Crippen MR) is 133 cm³/mol. The molecule has 4 rings (SSSR count). The molecule has 1 aliphatic rings. The van der Waals surface area contributed by atoms with E-state index in [-0.39, 0.29) is 22.0 Å². The molecule has 1 N–H and O–H groups in total. The van der Waals surface area contributed by atoms with Gasteiger partial charge in [0, 0.05) is 5.69 Å². The molecule has 1 heterocycles. The number of hydrogen-bond donors (Lipinski definition) is 1. The van der Waals surface area contributed by atoms with Crippen molar-refractivity contribution in [1.29, 1.82) is 0 Å². The highest BCUT2D eigenvalue weighted by molar-refractivity contribution is 6.53. The standard InChI is InChI=1S/C26H17Cl2F3N2O4/c1-2-14-3-10-18(11-4-14)37-25(36)15-5-8-17(9-6-15)32-22-21(28)23(34)33(24(22)35)20-13-16(26(29,30)31)7-12-19(20)27/h3-13,32H,2H2,1H3. The lowest BCUT2D eigenvalue weighted by molar-refractivity contribution is -0.137. The Kier molecular flexibility index (Phi) is 7.29. The molecule has 0 fully saturated rings. The van der Waals surface area contributed by atoms with Crippen molar-refractivity contribution < 1.29 is 32.3 Å². The van der Waals surface area contributed by atoms with Gasteiger partial charge in [-0.3, -0.25) is 9.59 Å². The molecule has 37 heavy (non-hydrogen) atoms. The van der Waals surface area contributed by atoms with Crippen LogP contribution in [0.25, 0.3) is 0 Å². The van der Waals surface area contributed by atoms with Crippen LogP contribution in [-0.4, -0.2) is 17.8 Å². The smallest absolute Gasteiger partial charge is 0.416 e. The van der Waals surface area contributed by atoms with Gasteiger partial charge in [-0.05, 0) is 66.6 Å². The highest BCUT2D eigenvalue weighted by Crippen LogP contribution is 2.38. The average Bonchev–Trinajstić information content (AvgIpc) is 3.07. The number of halogens is 5. The Bertz CT molecular complexity index is 1420. The molecule has 0 spiro atoms. The number of anilines is 2. The fourth-order valence-electron chi connectivity index (χ4n) is 3.48. The van der Waals surface area contributed by atoms with E-state index < -0.39 is 40.2 Å². The summed E-state index contributed by atoms with van der Waals surface area (Å²) >= 11 is 12.1. The molecule has 3 aromatic rings. The Labute approximate surface area is 219 Å². The van der Waals surface area contributed by atoms with Crippen LogP contribution in [0, 0.1) is 0 Å².